The second-order valence-corrected chi connectivity index (χ2v) is 6.36. The van der Waals surface area contributed by atoms with Gasteiger partial charge < -0.3 is 14.4 Å². The first-order valence-corrected chi connectivity index (χ1v) is 8.73. The molecule has 0 fully saturated rings. The van der Waals surface area contributed by atoms with Crippen LogP contribution in [-0.2, 0) is 11.2 Å². The Morgan fingerprint density at radius 2 is 2.00 bits per heavy atom. The van der Waals surface area contributed by atoms with Crippen LogP contribution in [0.2, 0.25) is 0 Å². The van der Waals surface area contributed by atoms with E-state index >= 15 is 0 Å². The van der Waals surface area contributed by atoms with Gasteiger partial charge in [-0.25, -0.2) is 0 Å². The Balaban J connectivity index is 1.97. The zero-order chi connectivity index (χ0) is 20.7. The number of carbonyl (C=O) groups is 1. The highest BCUT2D eigenvalue weighted by molar-refractivity contribution is 5.76. The lowest BCUT2D eigenvalue weighted by Gasteiger charge is -2.25. The fourth-order valence-corrected chi connectivity index (χ4v) is 2.64. The Labute approximate surface area is 162 Å². The molecule has 152 valence electrons. The van der Waals surface area contributed by atoms with Gasteiger partial charge in [-0.15, -0.1) is 0 Å². The van der Waals surface area contributed by atoms with Crippen molar-refractivity contribution in [3.05, 3.63) is 53.9 Å². The van der Waals surface area contributed by atoms with Gasteiger partial charge in [0.25, 0.3) is 0 Å². The maximum absolute atomic E-state index is 12.5. The maximum atomic E-state index is 12.5. The number of hydrogen-bond acceptors (Lipinski definition) is 4. The number of halogens is 3. The zero-order valence-corrected chi connectivity index (χ0v) is 16.0. The molecule has 0 aliphatic carbocycles. The number of methoxy groups -OCH3 is 1. The molecule has 2 rings (SSSR count). The van der Waals surface area contributed by atoms with Crippen molar-refractivity contribution in [2.75, 3.05) is 20.8 Å². The molecule has 0 N–H and O–H groups in total. The number of nitrogens with zero attached hydrogens (tertiary/aromatic N) is 2. The molecule has 1 atom stereocenters. The third-order valence-corrected chi connectivity index (χ3v) is 4.39. The molecule has 0 aliphatic heterocycles. The number of aryl methyl sites for hydroxylation is 1. The van der Waals surface area contributed by atoms with Crippen LogP contribution in [0.25, 0.3) is 0 Å². The Hall–Kier alpha value is -2.77. The lowest BCUT2D eigenvalue weighted by atomic mass is 10.1. The molecule has 1 unspecified atom stereocenters. The van der Waals surface area contributed by atoms with Crippen molar-refractivity contribution in [1.29, 1.82) is 0 Å². The average Bonchev–Trinajstić information content (AvgIpc) is 2.69. The standard InChI is InChI=1S/C20H23F3N2O3/c1-14(16-5-4-10-24-12-16)25(2)19(26)9-7-15-6-8-17(18(11-15)27-3)28-13-20(21,22)23/h4-6,8,10-12,14H,7,9,13H2,1-3H3. The summed E-state index contributed by atoms with van der Waals surface area (Å²) in [6.45, 7) is 0.531. The second kappa shape index (κ2) is 9.43. The molecule has 0 bridgehead atoms. The number of aromatic nitrogens is 1. The third kappa shape index (κ3) is 6.14. The van der Waals surface area contributed by atoms with E-state index in [2.05, 4.69) is 4.98 Å². The van der Waals surface area contributed by atoms with E-state index in [4.69, 9.17) is 9.47 Å². The van der Waals surface area contributed by atoms with E-state index in [0.29, 0.717) is 6.42 Å². The molecular formula is C20H23F3N2O3. The summed E-state index contributed by atoms with van der Waals surface area (Å²) >= 11 is 0. The molecule has 1 aromatic carbocycles. The smallest absolute Gasteiger partial charge is 0.422 e. The summed E-state index contributed by atoms with van der Waals surface area (Å²) in [4.78, 5) is 18.2. The first-order chi connectivity index (χ1) is 13.2. The van der Waals surface area contributed by atoms with Gasteiger partial charge in [0.15, 0.2) is 18.1 Å². The molecule has 0 saturated carbocycles. The van der Waals surface area contributed by atoms with Crippen molar-refractivity contribution in [3.63, 3.8) is 0 Å². The van der Waals surface area contributed by atoms with Gasteiger partial charge >= 0.3 is 6.18 Å². The van der Waals surface area contributed by atoms with Crippen LogP contribution in [-0.4, -0.2) is 42.7 Å². The Kier molecular flexibility index (Phi) is 7.25. The van der Waals surface area contributed by atoms with Gasteiger partial charge in [-0.3, -0.25) is 9.78 Å². The summed E-state index contributed by atoms with van der Waals surface area (Å²) in [6.07, 6.45) is -0.343. The lowest BCUT2D eigenvalue weighted by Crippen LogP contribution is -2.29. The number of carbonyl (C=O) groups excluding carboxylic acids is 1. The Morgan fingerprint density at radius 3 is 2.61 bits per heavy atom. The van der Waals surface area contributed by atoms with Gasteiger partial charge in [-0.2, -0.15) is 13.2 Å². The van der Waals surface area contributed by atoms with Crippen LogP contribution in [0.4, 0.5) is 13.2 Å². The van der Waals surface area contributed by atoms with E-state index < -0.39 is 12.8 Å². The van der Waals surface area contributed by atoms with Gasteiger partial charge in [0.1, 0.15) is 0 Å². The largest absolute Gasteiger partial charge is 0.493 e. The van der Waals surface area contributed by atoms with E-state index in [1.807, 2.05) is 19.1 Å². The topological polar surface area (TPSA) is 51.7 Å². The highest BCUT2D eigenvalue weighted by atomic mass is 19.4. The molecular weight excluding hydrogens is 373 g/mol. The van der Waals surface area contributed by atoms with Crippen molar-refractivity contribution in [2.24, 2.45) is 0 Å². The number of amides is 1. The SMILES string of the molecule is COc1cc(CCC(=O)N(C)C(C)c2cccnc2)ccc1OCC(F)(F)F. The molecule has 8 heteroatoms. The molecule has 1 amide bonds. The van der Waals surface area contributed by atoms with Crippen molar-refractivity contribution in [2.45, 2.75) is 32.0 Å². The summed E-state index contributed by atoms with van der Waals surface area (Å²) in [5.41, 5.74) is 1.71. The quantitative estimate of drug-likeness (QED) is 0.672. The first kappa shape index (κ1) is 21.5. The summed E-state index contributed by atoms with van der Waals surface area (Å²) in [7, 11) is 3.09. The predicted molar refractivity (Wildman–Crippen MR) is 98.3 cm³/mol. The predicted octanol–water partition coefficient (Wildman–Crippen LogP) is 4.18. The summed E-state index contributed by atoms with van der Waals surface area (Å²) in [5.74, 6) is 0.163. The first-order valence-electron chi connectivity index (χ1n) is 8.73. The number of ether oxygens (including phenoxy) is 2. The van der Waals surface area contributed by atoms with E-state index in [9.17, 15) is 18.0 Å². The fourth-order valence-electron chi connectivity index (χ4n) is 2.64. The monoisotopic (exact) mass is 396 g/mol. The number of pyridine rings is 1. The number of alkyl halides is 3. The van der Waals surface area contributed by atoms with Gasteiger partial charge in [0.2, 0.25) is 5.91 Å². The van der Waals surface area contributed by atoms with Gasteiger partial charge in [-0.05, 0) is 42.7 Å². The number of rotatable bonds is 8. The van der Waals surface area contributed by atoms with Crippen LogP contribution in [0.1, 0.15) is 30.5 Å². The summed E-state index contributed by atoms with van der Waals surface area (Å²) < 4.78 is 46.8. The van der Waals surface area contributed by atoms with Crippen molar-refractivity contribution in [1.82, 2.24) is 9.88 Å². The molecule has 0 aliphatic rings. The van der Waals surface area contributed by atoms with Gasteiger partial charge in [0, 0.05) is 25.9 Å². The van der Waals surface area contributed by atoms with Crippen LogP contribution < -0.4 is 9.47 Å². The fraction of sp³-hybridized carbons (Fsp3) is 0.400. The average molecular weight is 396 g/mol. The minimum atomic E-state index is -4.42. The number of benzene rings is 1. The highest BCUT2D eigenvalue weighted by Crippen LogP contribution is 2.30. The third-order valence-electron chi connectivity index (χ3n) is 4.39. The summed E-state index contributed by atoms with van der Waals surface area (Å²) in [6, 6.07) is 8.25. The molecule has 0 spiro atoms. The molecule has 5 nitrogen and oxygen atoms in total. The minimum Gasteiger partial charge on any atom is -0.493 e. The van der Waals surface area contributed by atoms with Crippen LogP contribution in [0, 0.1) is 0 Å². The van der Waals surface area contributed by atoms with Crippen molar-refractivity contribution < 1.29 is 27.4 Å². The Bertz CT molecular complexity index is 782. The summed E-state index contributed by atoms with van der Waals surface area (Å²) in [5, 5.41) is 0. The van der Waals surface area contributed by atoms with Crippen LogP contribution >= 0.6 is 0 Å². The molecule has 1 aromatic heterocycles. The van der Waals surface area contributed by atoms with Crippen LogP contribution in [0.3, 0.4) is 0 Å². The van der Waals surface area contributed by atoms with Gasteiger partial charge in [-0.1, -0.05) is 12.1 Å². The van der Waals surface area contributed by atoms with E-state index in [0.717, 1.165) is 11.1 Å². The maximum Gasteiger partial charge on any atom is 0.422 e. The van der Waals surface area contributed by atoms with E-state index in [1.54, 1.807) is 36.5 Å². The molecule has 0 saturated heterocycles. The van der Waals surface area contributed by atoms with E-state index in [1.165, 1.54) is 13.2 Å². The van der Waals surface area contributed by atoms with Crippen molar-refractivity contribution in [3.8, 4) is 11.5 Å². The lowest BCUT2D eigenvalue weighted by molar-refractivity contribution is -0.153. The Morgan fingerprint density at radius 1 is 1.25 bits per heavy atom. The van der Waals surface area contributed by atoms with Crippen LogP contribution in [0.5, 0.6) is 11.5 Å². The normalized spacial score (nSPS) is 12.4. The zero-order valence-electron chi connectivity index (χ0n) is 16.0. The molecule has 0 radical (unpaired) electrons. The van der Waals surface area contributed by atoms with Crippen LogP contribution in [0.15, 0.2) is 42.7 Å². The second-order valence-electron chi connectivity index (χ2n) is 6.36. The van der Waals surface area contributed by atoms with Gasteiger partial charge in [0.05, 0.1) is 13.2 Å². The number of hydrogen-bond donors (Lipinski definition) is 0. The molecule has 1 heterocycles. The minimum absolute atomic E-state index is 0.0113. The highest BCUT2D eigenvalue weighted by Gasteiger charge is 2.29. The van der Waals surface area contributed by atoms with E-state index in [-0.39, 0.29) is 29.9 Å². The van der Waals surface area contributed by atoms with Crippen molar-refractivity contribution >= 4 is 5.91 Å². The molecule has 2 aromatic rings. The molecule has 28 heavy (non-hydrogen) atoms.